The molecule has 0 atom stereocenters. The zero-order valence-electron chi connectivity index (χ0n) is 16.4. The van der Waals surface area contributed by atoms with E-state index in [0.29, 0.717) is 35.8 Å². The predicted molar refractivity (Wildman–Crippen MR) is 111 cm³/mol. The minimum atomic E-state index is -0.463. The van der Waals surface area contributed by atoms with Crippen LogP contribution in [0.15, 0.2) is 54.6 Å². The summed E-state index contributed by atoms with van der Waals surface area (Å²) in [4.78, 5) is 12.6. The van der Waals surface area contributed by atoms with Gasteiger partial charge in [-0.3, -0.25) is 4.79 Å². The van der Waals surface area contributed by atoms with E-state index in [1.165, 1.54) is 0 Å². The highest BCUT2D eigenvalue weighted by atomic mass is 16.5. The van der Waals surface area contributed by atoms with E-state index in [9.17, 15) is 10.1 Å². The summed E-state index contributed by atoms with van der Waals surface area (Å²) in [6, 6.07) is 13.0. The Kier molecular flexibility index (Phi) is 7.41. The molecule has 1 amide bonds. The molecule has 0 heterocycles. The number of allylic oxidation sites excluding steroid dienone is 1. The Bertz CT molecular complexity index is 939. The summed E-state index contributed by atoms with van der Waals surface area (Å²) in [5, 5.41) is 12.3. The highest BCUT2D eigenvalue weighted by Gasteiger charge is 2.14. The quantitative estimate of drug-likeness (QED) is 0.413. The minimum Gasteiger partial charge on any atom is -0.493 e. The first kappa shape index (κ1) is 20.8. The van der Waals surface area contributed by atoms with Gasteiger partial charge < -0.3 is 14.8 Å². The van der Waals surface area contributed by atoms with Crippen molar-refractivity contribution in [2.24, 2.45) is 0 Å². The summed E-state index contributed by atoms with van der Waals surface area (Å²) in [5.41, 5.74) is 3.14. The number of nitriles is 1. The first-order valence-electron chi connectivity index (χ1n) is 8.97. The van der Waals surface area contributed by atoms with E-state index in [4.69, 9.17) is 9.47 Å². The van der Waals surface area contributed by atoms with Gasteiger partial charge in [-0.25, -0.2) is 0 Å². The molecule has 0 aliphatic rings. The molecule has 0 saturated heterocycles. The lowest BCUT2D eigenvalue weighted by Crippen LogP contribution is -2.14. The SMILES string of the molecule is C=CCc1cc(/C=C(\C#N)C(=O)Nc2ccccc2C)cc(OC)c1OCC. The second-order valence-electron chi connectivity index (χ2n) is 6.08. The lowest BCUT2D eigenvalue weighted by molar-refractivity contribution is -0.112. The highest BCUT2D eigenvalue weighted by molar-refractivity contribution is 6.10. The maximum absolute atomic E-state index is 12.6. The molecule has 0 aromatic heterocycles. The van der Waals surface area contributed by atoms with Crippen LogP contribution in [-0.2, 0) is 11.2 Å². The topological polar surface area (TPSA) is 71.4 Å². The smallest absolute Gasteiger partial charge is 0.266 e. The Balaban J connectivity index is 2.41. The van der Waals surface area contributed by atoms with E-state index in [-0.39, 0.29) is 5.57 Å². The Morgan fingerprint density at radius 2 is 2.07 bits per heavy atom. The van der Waals surface area contributed by atoms with Gasteiger partial charge in [-0.2, -0.15) is 5.26 Å². The Morgan fingerprint density at radius 1 is 1.32 bits per heavy atom. The fourth-order valence-corrected chi connectivity index (χ4v) is 2.75. The standard InChI is InChI=1S/C23H24N2O3/c1-5-9-18-12-17(14-21(27-4)22(18)28-6-2)13-19(15-24)23(26)25-20-11-8-7-10-16(20)3/h5,7-8,10-14H,1,6,9H2,2-4H3,(H,25,26)/b19-13+. The molecular formula is C23H24N2O3. The van der Waals surface area contributed by atoms with Crippen molar-refractivity contribution in [3.05, 3.63) is 71.3 Å². The Labute approximate surface area is 165 Å². The molecule has 1 N–H and O–H groups in total. The lowest BCUT2D eigenvalue weighted by Gasteiger charge is -2.15. The van der Waals surface area contributed by atoms with Gasteiger partial charge in [0.15, 0.2) is 11.5 Å². The Hall–Kier alpha value is -3.52. The van der Waals surface area contributed by atoms with Crippen molar-refractivity contribution in [3.8, 4) is 17.6 Å². The number of aryl methyl sites for hydroxylation is 1. The molecule has 0 unspecified atom stereocenters. The van der Waals surface area contributed by atoms with Gasteiger partial charge in [-0.05, 0) is 55.7 Å². The molecule has 0 aliphatic heterocycles. The van der Waals surface area contributed by atoms with Gasteiger partial charge in [0.05, 0.1) is 13.7 Å². The summed E-state index contributed by atoms with van der Waals surface area (Å²) < 4.78 is 11.1. The third-order valence-corrected chi connectivity index (χ3v) is 4.10. The van der Waals surface area contributed by atoms with Crippen LogP contribution in [0.3, 0.4) is 0 Å². The van der Waals surface area contributed by atoms with Gasteiger partial charge in [-0.15, -0.1) is 6.58 Å². The molecule has 0 fully saturated rings. The molecule has 0 radical (unpaired) electrons. The van der Waals surface area contributed by atoms with Crippen LogP contribution in [0.1, 0.15) is 23.6 Å². The van der Waals surface area contributed by atoms with E-state index in [1.54, 1.807) is 31.4 Å². The van der Waals surface area contributed by atoms with Crippen molar-refractivity contribution in [2.45, 2.75) is 20.3 Å². The molecule has 0 spiro atoms. The fraction of sp³-hybridized carbons (Fsp3) is 0.217. The largest absolute Gasteiger partial charge is 0.493 e. The first-order valence-corrected chi connectivity index (χ1v) is 8.97. The van der Waals surface area contributed by atoms with Gasteiger partial charge in [0, 0.05) is 11.3 Å². The third-order valence-electron chi connectivity index (χ3n) is 4.10. The number of carbonyl (C=O) groups is 1. The summed E-state index contributed by atoms with van der Waals surface area (Å²) in [7, 11) is 1.55. The second-order valence-corrected chi connectivity index (χ2v) is 6.08. The van der Waals surface area contributed by atoms with E-state index < -0.39 is 5.91 Å². The molecule has 0 aliphatic carbocycles. The number of nitrogens with one attached hydrogen (secondary N) is 1. The number of benzene rings is 2. The van der Waals surface area contributed by atoms with Crippen LogP contribution in [0, 0.1) is 18.3 Å². The van der Waals surface area contributed by atoms with Crippen molar-refractivity contribution in [3.63, 3.8) is 0 Å². The fourth-order valence-electron chi connectivity index (χ4n) is 2.75. The monoisotopic (exact) mass is 376 g/mol. The zero-order valence-corrected chi connectivity index (χ0v) is 16.4. The zero-order chi connectivity index (χ0) is 20.5. The number of methoxy groups -OCH3 is 1. The number of rotatable bonds is 8. The average molecular weight is 376 g/mol. The van der Waals surface area contributed by atoms with Gasteiger partial charge in [-0.1, -0.05) is 24.3 Å². The van der Waals surface area contributed by atoms with Gasteiger partial charge in [0.25, 0.3) is 5.91 Å². The van der Waals surface area contributed by atoms with Crippen LogP contribution < -0.4 is 14.8 Å². The minimum absolute atomic E-state index is 0.000908. The number of nitrogens with zero attached hydrogens (tertiary/aromatic N) is 1. The number of para-hydroxylation sites is 1. The Morgan fingerprint density at radius 3 is 2.68 bits per heavy atom. The van der Waals surface area contributed by atoms with E-state index in [1.807, 2.05) is 44.2 Å². The normalized spacial score (nSPS) is 10.7. The molecular weight excluding hydrogens is 352 g/mol. The molecule has 144 valence electrons. The van der Waals surface area contributed by atoms with Crippen LogP contribution in [0.2, 0.25) is 0 Å². The van der Waals surface area contributed by atoms with Crippen molar-refractivity contribution in [1.29, 1.82) is 5.26 Å². The van der Waals surface area contributed by atoms with E-state index >= 15 is 0 Å². The number of hydrogen-bond acceptors (Lipinski definition) is 4. The molecule has 0 bridgehead atoms. The van der Waals surface area contributed by atoms with Gasteiger partial charge in [0.2, 0.25) is 0 Å². The van der Waals surface area contributed by atoms with Crippen LogP contribution in [0.4, 0.5) is 5.69 Å². The van der Waals surface area contributed by atoms with Crippen molar-refractivity contribution in [2.75, 3.05) is 19.0 Å². The van der Waals surface area contributed by atoms with Crippen molar-refractivity contribution < 1.29 is 14.3 Å². The number of hydrogen-bond donors (Lipinski definition) is 1. The number of amides is 1. The molecule has 5 nitrogen and oxygen atoms in total. The summed E-state index contributed by atoms with van der Waals surface area (Å²) in [6.07, 6.45) is 3.88. The van der Waals surface area contributed by atoms with Crippen LogP contribution in [0.25, 0.3) is 6.08 Å². The van der Waals surface area contributed by atoms with Crippen molar-refractivity contribution >= 4 is 17.7 Å². The highest BCUT2D eigenvalue weighted by Crippen LogP contribution is 2.34. The van der Waals surface area contributed by atoms with Crippen LogP contribution in [-0.4, -0.2) is 19.6 Å². The van der Waals surface area contributed by atoms with Crippen LogP contribution >= 0.6 is 0 Å². The maximum Gasteiger partial charge on any atom is 0.266 e. The van der Waals surface area contributed by atoms with Gasteiger partial charge >= 0.3 is 0 Å². The van der Waals surface area contributed by atoms with E-state index in [0.717, 1.165) is 11.1 Å². The van der Waals surface area contributed by atoms with Crippen LogP contribution in [0.5, 0.6) is 11.5 Å². The predicted octanol–water partition coefficient (Wildman–Crippen LogP) is 4.68. The summed E-state index contributed by atoms with van der Waals surface area (Å²) in [5.74, 6) is 0.726. The summed E-state index contributed by atoms with van der Waals surface area (Å²) >= 11 is 0. The second kappa shape index (κ2) is 9.98. The third kappa shape index (κ3) is 5.01. The van der Waals surface area contributed by atoms with Crippen molar-refractivity contribution in [1.82, 2.24) is 0 Å². The van der Waals surface area contributed by atoms with Gasteiger partial charge in [0.1, 0.15) is 11.6 Å². The molecule has 2 aromatic rings. The first-order chi connectivity index (χ1) is 13.5. The molecule has 5 heteroatoms. The molecule has 0 saturated carbocycles. The maximum atomic E-state index is 12.6. The summed E-state index contributed by atoms with van der Waals surface area (Å²) in [6.45, 7) is 8.06. The molecule has 28 heavy (non-hydrogen) atoms. The lowest BCUT2D eigenvalue weighted by atomic mass is 10.0. The molecule has 2 rings (SSSR count). The number of carbonyl (C=O) groups excluding carboxylic acids is 1. The number of anilines is 1. The molecule has 2 aromatic carbocycles. The number of ether oxygens (including phenoxy) is 2. The van der Waals surface area contributed by atoms with E-state index in [2.05, 4.69) is 11.9 Å². The average Bonchev–Trinajstić information content (AvgIpc) is 2.69.